The Bertz CT molecular complexity index is 734. The molecule has 3 heteroatoms. The van der Waals surface area contributed by atoms with E-state index in [1.807, 2.05) is 25.1 Å². The van der Waals surface area contributed by atoms with E-state index in [1.165, 1.54) is 6.26 Å². The number of aryl methyl sites for hydroxylation is 1. The van der Waals surface area contributed by atoms with Crippen LogP contribution in [0.1, 0.15) is 5.76 Å². The molecule has 0 bridgehead atoms. The summed E-state index contributed by atoms with van der Waals surface area (Å²) in [6, 6.07) is 10.8. The number of furan rings is 1. The fraction of sp³-hybridized carbons (Fsp3) is 0.0714. The minimum Gasteiger partial charge on any atom is -0.463 e. The molecule has 0 radical (unpaired) electrons. The van der Waals surface area contributed by atoms with Crippen molar-refractivity contribution in [1.29, 1.82) is 0 Å². The second kappa shape index (κ2) is 3.63. The number of rotatable bonds is 1. The van der Waals surface area contributed by atoms with E-state index in [2.05, 4.69) is 0 Å². The predicted octanol–water partition coefficient (Wildman–Crippen LogP) is 3.36. The Morgan fingerprint density at radius 2 is 1.88 bits per heavy atom. The first-order valence-corrected chi connectivity index (χ1v) is 5.33. The lowest BCUT2D eigenvalue weighted by Gasteiger charge is -1.99. The standard InChI is InChI=1S/C14H10O3/c1-9-6-7-13(17-9)11-8-16-12-5-3-2-4-10(12)14(11)15/h2-8H,1H3. The van der Waals surface area contributed by atoms with Gasteiger partial charge in [-0.25, -0.2) is 0 Å². The molecule has 3 rings (SSSR count). The zero-order valence-electron chi connectivity index (χ0n) is 9.27. The highest BCUT2D eigenvalue weighted by atomic mass is 16.3. The van der Waals surface area contributed by atoms with E-state index >= 15 is 0 Å². The third-order valence-corrected chi connectivity index (χ3v) is 2.69. The number of hydrogen-bond acceptors (Lipinski definition) is 3. The van der Waals surface area contributed by atoms with Gasteiger partial charge in [-0.1, -0.05) is 12.1 Å². The molecule has 0 fully saturated rings. The Labute approximate surface area is 97.3 Å². The molecule has 1 aromatic carbocycles. The SMILES string of the molecule is Cc1ccc(-c2coc3ccccc3c2=O)o1. The van der Waals surface area contributed by atoms with Crippen molar-refractivity contribution in [1.82, 2.24) is 0 Å². The van der Waals surface area contributed by atoms with Crippen LogP contribution in [0.15, 0.2) is 56.3 Å². The van der Waals surface area contributed by atoms with Crippen LogP contribution in [0.25, 0.3) is 22.3 Å². The van der Waals surface area contributed by atoms with Gasteiger partial charge in [-0.2, -0.15) is 0 Å². The quantitative estimate of drug-likeness (QED) is 0.639. The van der Waals surface area contributed by atoms with Crippen molar-refractivity contribution in [2.45, 2.75) is 6.92 Å². The van der Waals surface area contributed by atoms with E-state index in [-0.39, 0.29) is 5.43 Å². The molecular weight excluding hydrogens is 216 g/mol. The molecule has 0 spiro atoms. The van der Waals surface area contributed by atoms with Gasteiger partial charge < -0.3 is 8.83 Å². The summed E-state index contributed by atoms with van der Waals surface area (Å²) in [4.78, 5) is 12.2. The number of para-hydroxylation sites is 1. The second-order valence-electron chi connectivity index (χ2n) is 3.88. The Morgan fingerprint density at radius 1 is 1.06 bits per heavy atom. The van der Waals surface area contributed by atoms with E-state index in [4.69, 9.17) is 8.83 Å². The van der Waals surface area contributed by atoms with Gasteiger partial charge in [-0.05, 0) is 31.2 Å². The van der Waals surface area contributed by atoms with Gasteiger partial charge in [0, 0.05) is 0 Å². The van der Waals surface area contributed by atoms with Crippen LogP contribution in [0.3, 0.4) is 0 Å². The van der Waals surface area contributed by atoms with Gasteiger partial charge >= 0.3 is 0 Å². The maximum atomic E-state index is 12.2. The molecular formula is C14H10O3. The van der Waals surface area contributed by atoms with Gasteiger partial charge in [0.15, 0.2) is 0 Å². The van der Waals surface area contributed by atoms with Crippen LogP contribution in [0.2, 0.25) is 0 Å². The molecule has 0 aliphatic rings. The van der Waals surface area contributed by atoms with E-state index in [0.29, 0.717) is 22.3 Å². The number of benzene rings is 1. The summed E-state index contributed by atoms with van der Waals surface area (Å²) in [7, 11) is 0. The Morgan fingerprint density at radius 3 is 2.65 bits per heavy atom. The summed E-state index contributed by atoms with van der Waals surface area (Å²) in [5.74, 6) is 1.31. The van der Waals surface area contributed by atoms with Gasteiger partial charge in [0.2, 0.25) is 5.43 Å². The van der Waals surface area contributed by atoms with Crippen molar-refractivity contribution in [2.75, 3.05) is 0 Å². The third-order valence-electron chi connectivity index (χ3n) is 2.69. The molecule has 2 heterocycles. The molecule has 84 valence electrons. The minimum atomic E-state index is -0.0683. The lowest BCUT2D eigenvalue weighted by molar-refractivity contribution is 0.541. The monoisotopic (exact) mass is 226 g/mol. The third kappa shape index (κ3) is 1.56. The van der Waals surface area contributed by atoms with Crippen LogP contribution < -0.4 is 5.43 Å². The predicted molar refractivity (Wildman–Crippen MR) is 64.9 cm³/mol. The molecule has 0 saturated carbocycles. The first kappa shape index (κ1) is 9.90. The summed E-state index contributed by atoms with van der Waals surface area (Å²) in [6.45, 7) is 1.84. The van der Waals surface area contributed by atoms with Crippen LogP contribution in [-0.2, 0) is 0 Å². The number of fused-ring (bicyclic) bond motifs is 1. The van der Waals surface area contributed by atoms with Crippen LogP contribution in [-0.4, -0.2) is 0 Å². The highest BCUT2D eigenvalue weighted by Gasteiger charge is 2.11. The minimum absolute atomic E-state index is 0.0683. The highest BCUT2D eigenvalue weighted by molar-refractivity contribution is 5.80. The van der Waals surface area contributed by atoms with Crippen molar-refractivity contribution < 1.29 is 8.83 Å². The highest BCUT2D eigenvalue weighted by Crippen LogP contribution is 2.21. The van der Waals surface area contributed by atoms with Crippen molar-refractivity contribution in [3.8, 4) is 11.3 Å². The molecule has 0 aliphatic heterocycles. The van der Waals surface area contributed by atoms with Gasteiger partial charge in [0.05, 0.1) is 5.39 Å². The van der Waals surface area contributed by atoms with Crippen LogP contribution >= 0.6 is 0 Å². The van der Waals surface area contributed by atoms with Crippen molar-refractivity contribution in [3.63, 3.8) is 0 Å². The molecule has 0 saturated heterocycles. The molecule has 0 N–H and O–H groups in total. The van der Waals surface area contributed by atoms with Gasteiger partial charge in [0.1, 0.15) is 28.9 Å². The van der Waals surface area contributed by atoms with Crippen molar-refractivity contribution in [2.24, 2.45) is 0 Å². The van der Waals surface area contributed by atoms with E-state index in [1.54, 1.807) is 18.2 Å². The zero-order valence-corrected chi connectivity index (χ0v) is 9.27. The maximum Gasteiger partial charge on any atom is 0.203 e. The second-order valence-corrected chi connectivity index (χ2v) is 3.88. The summed E-state index contributed by atoms with van der Waals surface area (Å²) in [6.07, 6.45) is 1.45. The molecule has 2 aromatic heterocycles. The zero-order chi connectivity index (χ0) is 11.8. The first-order chi connectivity index (χ1) is 8.25. The van der Waals surface area contributed by atoms with Crippen LogP contribution in [0.4, 0.5) is 0 Å². The Balaban J connectivity index is 2.32. The van der Waals surface area contributed by atoms with Gasteiger partial charge in [-0.15, -0.1) is 0 Å². The van der Waals surface area contributed by atoms with E-state index in [9.17, 15) is 4.79 Å². The topological polar surface area (TPSA) is 43.4 Å². The molecule has 0 amide bonds. The summed E-state index contributed by atoms with van der Waals surface area (Å²) in [5.41, 5.74) is 0.975. The fourth-order valence-corrected chi connectivity index (χ4v) is 1.83. The average molecular weight is 226 g/mol. The van der Waals surface area contributed by atoms with E-state index < -0.39 is 0 Å². The summed E-state index contributed by atoms with van der Waals surface area (Å²) >= 11 is 0. The Hall–Kier alpha value is -2.29. The number of hydrogen-bond donors (Lipinski definition) is 0. The van der Waals surface area contributed by atoms with Crippen molar-refractivity contribution in [3.05, 3.63) is 58.6 Å². The lowest BCUT2D eigenvalue weighted by atomic mass is 10.1. The molecule has 0 aliphatic carbocycles. The fourth-order valence-electron chi connectivity index (χ4n) is 1.83. The van der Waals surface area contributed by atoms with Gasteiger partial charge in [-0.3, -0.25) is 4.79 Å². The Kier molecular flexibility index (Phi) is 2.11. The molecule has 3 aromatic rings. The summed E-state index contributed by atoms with van der Waals surface area (Å²) < 4.78 is 10.9. The maximum absolute atomic E-state index is 12.2. The summed E-state index contributed by atoms with van der Waals surface area (Å²) in [5, 5.41) is 0.569. The van der Waals surface area contributed by atoms with E-state index in [0.717, 1.165) is 5.76 Å². The molecule has 0 atom stereocenters. The first-order valence-electron chi connectivity index (χ1n) is 5.33. The molecule has 3 nitrogen and oxygen atoms in total. The lowest BCUT2D eigenvalue weighted by Crippen LogP contribution is -2.03. The van der Waals surface area contributed by atoms with Crippen LogP contribution in [0.5, 0.6) is 0 Å². The normalized spacial score (nSPS) is 10.9. The van der Waals surface area contributed by atoms with Crippen LogP contribution in [0, 0.1) is 6.92 Å². The largest absolute Gasteiger partial charge is 0.463 e. The smallest absolute Gasteiger partial charge is 0.203 e. The average Bonchev–Trinajstić information content (AvgIpc) is 2.77. The molecule has 17 heavy (non-hydrogen) atoms. The molecule has 0 unspecified atom stereocenters. The van der Waals surface area contributed by atoms with Crippen molar-refractivity contribution >= 4 is 11.0 Å². The van der Waals surface area contributed by atoms with Gasteiger partial charge in [0.25, 0.3) is 0 Å².